The smallest absolute Gasteiger partial charge is 0.270 e. The first-order valence-electron chi connectivity index (χ1n) is 8.33. The van der Waals surface area contributed by atoms with Crippen LogP contribution in [-0.2, 0) is 4.79 Å². The summed E-state index contributed by atoms with van der Waals surface area (Å²) < 4.78 is 5.06. The van der Waals surface area contributed by atoms with Crippen LogP contribution in [0.5, 0.6) is 5.75 Å². The average molecular weight is 365 g/mol. The molecule has 0 fully saturated rings. The summed E-state index contributed by atoms with van der Waals surface area (Å²) >= 11 is 0. The SMILES string of the molecule is COc1ccc(NC(=O)[C@H](CO)NC(=O)c2ccc3ccccc3n2)cc1. The number of ether oxygens (including phenoxy) is 1. The van der Waals surface area contributed by atoms with Gasteiger partial charge in [-0.15, -0.1) is 0 Å². The van der Waals surface area contributed by atoms with Crippen molar-refractivity contribution in [2.45, 2.75) is 6.04 Å². The number of para-hydroxylation sites is 1. The molecule has 0 saturated carbocycles. The van der Waals surface area contributed by atoms with Crippen LogP contribution in [0.4, 0.5) is 5.69 Å². The molecular weight excluding hydrogens is 346 g/mol. The Morgan fingerprint density at radius 3 is 2.52 bits per heavy atom. The molecule has 2 aromatic carbocycles. The lowest BCUT2D eigenvalue weighted by molar-refractivity contribution is -0.118. The maximum Gasteiger partial charge on any atom is 0.270 e. The first-order valence-corrected chi connectivity index (χ1v) is 8.33. The standard InChI is InChI=1S/C20H19N3O4/c1-27-15-9-7-14(8-10-15)21-20(26)18(12-24)23-19(25)17-11-6-13-4-2-3-5-16(13)22-17/h2-11,18,24H,12H2,1H3,(H,21,26)(H,23,25)/t18-/m0/s1. The molecule has 0 aliphatic carbocycles. The number of hydrogen-bond acceptors (Lipinski definition) is 5. The lowest BCUT2D eigenvalue weighted by Gasteiger charge is -2.16. The lowest BCUT2D eigenvalue weighted by Crippen LogP contribution is -2.46. The van der Waals surface area contributed by atoms with E-state index in [1.807, 2.05) is 18.2 Å². The molecule has 7 nitrogen and oxygen atoms in total. The molecule has 0 saturated heterocycles. The molecule has 0 radical (unpaired) electrons. The molecule has 1 aromatic heterocycles. The minimum absolute atomic E-state index is 0.171. The number of carbonyl (C=O) groups is 2. The predicted octanol–water partition coefficient (Wildman–Crippen LogP) is 1.97. The number of benzene rings is 2. The lowest BCUT2D eigenvalue weighted by atomic mass is 10.2. The molecule has 1 heterocycles. The molecular formula is C20H19N3O4. The van der Waals surface area contributed by atoms with Crippen molar-refractivity contribution < 1.29 is 19.4 Å². The summed E-state index contributed by atoms with van der Waals surface area (Å²) in [6, 6.07) is 16.4. The summed E-state index contributed by atoms with van der Waals surface area (Å²) in [6.07, 6.45) is 0. The molecule has 0 aliphatic heterocycles. The van der Waals surface area contributed by atoms with E-state index in [1.54, 1.807) is 49.6 Å². The van der Waals surface area contributed by atoms with Crippen LogP contribution >= 0.6 is 0 Å². The molecule has 27 heavy (non-hydrogen) atoms. The number of nitrogens with one attached hydrogen (secondary N) is 2. The monoisotopic (exact) mass is 365 g/mol. The first kappa shape index (κ1) is 18.3. The largest absolute Gasteiger partial charge is 0.497 e. The minimum atomic E-state index is -1.10. The Morgan fingerprint density at radius 1 is 1.07 bits per heavy atom. The Balaban J connectivity index is 1.68. The third-order valence-electron chi connectivity index (χ3n) is 3.99. The molecule has 2 amide bonds. The van der Waals surface area contributed by atoms with Crippen LogP contribution in [0.25, 0.3) is 10.9 Å². The number of amides is 2. The number of nitrogens with zero attached hydrogens (tertiary/aromatic N) is 1. The molecule has 3 N–H and O–H groups in total. The molecule has 138 valence electrons. The molecule has 1 atom stereocenters. The molecule has 0 aliphatic rings. The van der Waals surface area contributed by atoms with Crippen LogP contribution in [0.1, 0.15) is 10.5 Å². The maximum absolute atomic E-state index is 12.4. The van der Waals surface area contributed by atoms with Crippen molar-refractivity contribution >= 4 is 28.4 Å². The summed E-state index contributed by atoms with van der Waals surface area (Å²) in [4.78, 5) is 29.0. The number of methoxy groups -OCH3 is 1. The number of aliphatic hydroxyl groups is 1. The number of pyridine rings is 1. The number of aromatic nitrogens is 1. The van der Waals surface area contributed by atoms with Gasteiger partial charge in [0.05, 0.1) is 19.2 Å². The van der Waals surface area contributed by atoms with E-state index in [0.29, 0.717) is 17.0 Å². The van der Waals surface area contributed by atoms with E-state index in [2.05, 4.69) is 15.6 Å². The van der Waals surface area contributed by atoms with E-state index in [4.69, 9.17) is 4.74 Å². The third-order valence-corrected chi connectivity index (χ3v) is 3.99. The minimum Gasteiger partial charge on any atom is -0.497 e. The highest BCUT2D eigenvalue weighted by Gasteiger charge is 2.21. The second kappa shape index (κ2) is 8.29. The zero-order chi connectivity index (χ0) is 19.2. The van der Waals surface area contributed by atoms with Gasteiger partial charge in [-0.1, -0.05) is 24.3 Å². The van der Waals surface area contributed by atoms with Gasteiger partial charge < -0.3 is 20.5 Å². The van der Waals surface area contributed by atoms with Crippen LogP contribution in [0.15, 0.2) is 60.7 Å². The van der Waals surface area contributed by atoms with Gasteiger partial charge in [0.1, 0.15) is 17.5 Å². The third kappa shape index (κ3) is 4.39. The van der Waals surface area contributed by atoms with Crippen molar-refractivity contribution in [2.24, 2.45) is 0 Å². The van der Waals surface area contributed by atoms with Gasteiger partial charge in [0.25, 0.3) is 5.91 Å². The van der Waals surface area contributed by atoms with Crippen LogP contribution in [0.3, 0.4) is 0 Å². The molecule has 0 spiro atoms. The number of rotatable bonds is 6. The number of anilines is 1. The van der Waals surface area contributed by atoms with Gasteiger partial charge in [-0.2, -0.15) is 0 Å². The average Bonchev–Trinajstić information content (AvgIpc) is 2.71. The fraction of sp³-hybridized carbons (Fsp3) is 0.150. The van der Waals surface area contributed by atoms with Gasteiger partial charge in [-0.3, -0.25) is 9.59 Å². The van der Waals surface area contributed by atoms with Gasteiger partial charge in [0, 0.05) is 11.1 Å². The zero-order valence-corrected chi connectivity index (χ0v) is 14.7. The van der Waals surface area contributed by atoms with E-state index < -0.39 is 24.5 Å². The summed E-state index contributed by atoms with van der Waals surface area (Å²) in [5.41, 5.74) is 1.37. The fourth-order valence-corrected chi connectivity index (χ4v) is 2.52. The zero-order valence-electron chi connectivity index (χ0n) is 14.7. The predicted molar refractivity (Wildman–Crippen MR) is 102 cm³/mol. The number of carbonyl (C=O) groups excluding carboxylic acids is 2. The van der Waals surface area contributed by atoms with E-state index in [9.17, 15) is 14.7 Å². The summed E-state index contributed by atoms with van der Waals surface area (Å²) in [5.74, 6) is -0.413. The normalized spacial score (nSPS) is 11.6. The van der Waals surface area contributed by atoms with Gasteiger partial charge >= 0.3 is 0 Å². The quantitative estimate of drug-likeness (QED) is 0.620. The Bertz CT molecular complexity index is 957. The Hall–Kier alpha value is -3.45. The van der Waals surface area contributed by atoms with Crippen molar-refractivity contribution in [1.82, 2.24) is 10.3 Å². The van der Waals surface area contributed by atoms with Crippen molar-refractivity contribution in [2.75, 3.05) is 19.0 Å². The number of fused-ring (bicyclic) bond motifs is 1. The molecule has 3 aromatic rings. The highest BCUT2D eigenvalue weighted by atomic mass is 16.5. The Labute approximate surface area is 156 Å². The summed E-state index contributed by atoms with van der Waals surface area (Å²) in [6.45, 7) is -0.540. The molecule has 0 bridgehead atoms. The Kier molecular flexibility index (Phi) is 5.63. The van der Waals surface area contributed by atoms with E-state index in [0.717, 1.165) is 5.39 Å². The molecule has 3 rings (SSSR count). The van der Waals surface area contributed by atoms with Gasteiger partial charge in [0.15, 0.2) is 0 Å². The van der Waals surface area contributed by atoms with E-state index in [1.165, 1.54) is 0 Å². The van der Waals surface area contributed by atoms with Crippen LogP contribution in [-0.4, -0.2) is 41.7 Å². The van der Waals surface area contributed by atoms with Crippen LogP contribution in [0.2, 0.25) is 0 Å². The topological polar surface area (TPSA) is 101 Å². The first-order chi connectivity index (χ1) is 13.1. The van der Waals surface area contributed by atoms with Gasteiger partial charge in [0.2, 0.25) is 5.91 Å². The number of hydrogen-bond donors (Lipinski definition) is 3. The summed E-state index contributed by atoms with van der Waals surface area (Å²) in [7, 11) is 1.55. The van der Waals surface area contributed by atoms with E-state index in [-0.39, 0.29) is 5.69 Å². The van der Waals surface area contributed by atoms with Crippen molar-refractivity contribution in [3.8, 4) is 5.75 Å². The second-order valence-corrected chi connectivity index (χ2v) is 5.82. The van der Waals surface area contributed by atoms with Gasteiger partial charge in [-0.25, -0.2) is 4.98 Å². The van der Waals surface area contributed by atoms with Crippen LogP contribution in [0, 0.1) is 0 Å². The molecule has 7 heteroatoms. The summed E-state index contributed by atoms with van der Waals surface area (Å²) in [5, 5.41) is 15.6. The van der Waals surface area contributed by atoms with Crippen LogP contribution < -0.4 is 15.4 Å². The van der Waals surface area contributed by atoms with Gasteiger partial charge in [-0.05, 0) is 36.4 Å². The highest BCUT2D eigenvalue weighted by molar-refractivity contribution is 6.01. The van der Waals surface area contributed by atoms with Crippen molar-refractivity contribution in [3.63, 3.8) is 0 Å². The van der Waals surface area contributed by atoms with E-state index >= 15 is 0 Å². The maximum atomic E-state index is 12.4. The number of aliphatic hydroxyl groups excluding tert-OH is 1. The molecule has 0 unspecified atom stereocenters. The fourth-order valence-electron chi connectivity index (χ4n) is 2.52. The van der Waals surface area contributed by atoms with Crippen molar-refractivity contribution in [1.29, 1.82) is 0 Å². The Morgan fingerprint density at radius 2 is 1.81 bits per heavy atom. The van der Waals surface area contributed by atoms with Crippen molar-refractivity contribution in [3.05, 3.63) is 66.4 Å². The highest BCUT2D eigenvalue weighted by Crippen LogP contribution is 2.15. The second-order valence-electron chi connectivity index (χ2n) is 5.82.